The Hall–Kier alpha value is -4.52. The van der Waals surface area contributed by atoms with E-state index in [0.29, 0.717) is 0 Å². The third-order valence-corrected chi connectivity index (χ3v) is 14.3. The first-order chi connectivity index (χ1) is 35.4. The van der Waals surface area contributed by atoms with Gasteiger partial charge in [0.15, 0.2) is 17.1 Å². The maximum atomic E-state index is 13.3. The van der Waals surface area contributed by atoms with Gasteiger partial charge in [0, 0.05) is 37.5 Å². The van der Waals surface area contributed by atoms with Crippen molar-refractivity contribution in [1.82, 2.24) is 25.5 Å². The molecule has 4 heterocycles. The fourth-order valence-electron chi connectivity index (χ4n) is 8.58. The second kappa shape index (κ2) is 30.4. The number of sulfonamides is 1. The fraction of sp³-hybridized carbons (Fsp3) is 0.620. The molecular formula is C50H78N6O18S. The minimum atomic E-state index is -4.33. The van der Waals surface area contributed by atoms with Crippen LogP contribution in [0.2, 0.25) is 0 Å². The van der Waals surface area contributed by atoms with Crippen LogP contribution in [-0.4, -0.2) is 185 Å². The number of aliphatic hydroxyl groups is 10. The molecule has 4 rings (SSSR count). The standard InChI is InChI=1S/C50H78N6O18S/c1-29-17-15-13-11-9-7-5-6-8-10-12-14-16-18-36(73-48-47(66)43(51)46(65)32(4)72-48)24-40-44(54-49(67)55-56-75(69,70)41-27-52-28-53-41)39(62)26-50(68,74-40)25-35(59)22-38(61)37(60)20-19-33(57)21-34(58)23-42(63)71-31(3)30(2)45(29)64/h5-18,27-40,43-48,56-62,64-66,68H,19-26,51H2,1-4H3,(H,52,53)(H2,54,55,67)/b6-5+,9-7+,10-8+,13-11+,14-12+,17-15+,18-16+/t29-,30-,31-,32+,33+,34+,35-,36-,37+,38+,39-,40-,43-,44+,45+,46+,47-,48-,50+/m0/s1. The number of rotatable bonds is 6. The number of nitrogens with one attached hydrogen (secondary N) is 4. The van der Waals surface area contributed by atoms with Crippen molar-refractivity contribution >= 4 is 22.0 Å². The molecule has 2 saturated heterocycles. The molecule has 3 aliphatic heterocycles. The van der Waals surface area contributed by atoms with E-state index >= 15 is 0 Å². The molecule has 2 amide bonds. The van der Waals surface area contributed by atoms with Crippen LogP contribution in [0.25, 0.3) is 0 Å². The molecule has 75 heavy (non-hydrogen) atoms. The van der Waals surface area contributed by atoms with Gasteiger partial charge in [-0.15, -0.1) is 4.83 Å². The van der Waals surface area contributed by atoms with E-state index in [9.17, 15) is 69.1 Å². The van der Waals surface area contributed by atoms with Crippen molar-refractivity contribution in [3.8, 4) is 0 Å². The Balaban J connectivity index is 1.61. The number of carbonyl (C=O) groups is 2. The molecule has 24 nitrogen and oxygen atoms in total. The number of hydrogen-bond donors (Lipinski definition) is 15. The highest BCUT2D eigenvalue weighted by molar-refractivity contribution is 7.89. The summed E-state index contributed by atoms with van der Waals surface area (Å²) >= 11 is 0. The Morgan fingerprint density at radius 1 is 0.747 bits per heavy atom. The van der Waals surface area contributed by atoms with E-state index in [-0.39, 0.29) is 36.6 Å². The number of fused-ring (bicyclic) bond motifs is 2. The molecule has 0 saturated carbocycles. The van der Waals surface area contributed by atoms with Gasteiger partial charge < -0.3 is 86.0 Å². The largest absolute Gasteiger partial charge is 0.462 e. The molecule has 0 radical (unpaired) electrons. The number of aromatic nitrogens is 2. The van der Waals surface area contributed by atoms with E-state index < -0.39 is 157 Å². The van der Waals surface area contributed by atoms with Crippen molar-refractivity contribution in [2.75, 3.05) is 0 Å². The molecule has 0 aliphatic carbocycles. The van der Waals surface area contributed by atoms with Gasteiger partial charge in [0.2, 0.25) is 0 Å². The molecule has 1 aromatic heterocycles. The van der Waals surface area contributed by atoms with E-state index in [1.807, 2.05) is 23.3 Å². The van der Waals surface area contributed by atoms with E-state index in [1.54, 1.807) is 86.8 Å². The Morgan fingerprint density at radius 3 is 1.97 bits per heavy atom. The first kappa shape index (κ1) is 63.0. The predicted octanol–water partition coefficient (Wildman–Crippen LogP) is -0.705. The Labute approximate surface area is 437 Å². The number of hydrazine groups is 1. The summed E-state index contributed by atoms with van der Waals surface area (Å²) in [5, 5.41) is 112. The summed E-state index contributed by atoms with van der Waals surface area (Å²) in [6.45, 7) is 6.70. The maximum Gasteiger partial charge on any atom is 0.330 e. The molecule has 0 unspecified atom stereocenters. The first-order valence-electron chi connectivity index (χ1n) is 24.9. The zero-order chi connectivity index (χ0) is 55.5. The number of allylic oxidation sites excluding steroid dienone is 12. The Morgan fingerprint density at radius 2 is 1.36 bits per heavy atom. The van der Waals surface area contributed by atoms with Gasteiger partial charge in [-0.05, 0) is 33.1 Å². The van der Waals surface area contributed by atoms with Gasteiger partial charge in [0.05, 0.1) is 98.2 Å². The molecule has 0 aromatic carbocycles. The van der Waals surface area contributed by atoms with E-state index in [0.717, 1.165) is 12.5 Å². The number of nitrogens with zero attached hydrogens (tertiary/aromatic N) is 1. The topological polar surface area (TPSA) is 398 Å². The number of carbonyl (C=O) groups excluding carboxylic acids is 2. The maximum absolute atomic E-state index is 13.3. The number of hydrogen-bond acceptors (Lipinski definition) is 20. The summed E-state index contributed by atoms with van der Waals surface area (Å²) in [5.74, 6) is -3.91. The quantitative estimate of drug-likeness (QED) is 0.124. The van der Waals surface area contributed by atoms with Crippen molar-refractivity contribution in [3.05, 3.63) is 97.6 Å². The predicted molar refractivity (Wildman–Crippen MR) is 270 cm³/mol. The summed E-state index contributed by atoms with van der Waals surface area (Å²) in [7, 11) is -4.33. The van der Waals surface area contributed by atoms with Gasteiger partial charge in [0.1, 0.15) is 12.2 Å². The van der Waals surface area contributed by atoms with Crippen LogP contribution in [0.15, 0.2) is 103 Å². The number of aliphatic hydroxyl groups excluding tert-OH is 9. The molecule has 422 valence electrons. The Kier molecular flexibility index (Phi) is 25.6. The SMILES string of the molecule is C[C@@H]1[C@H](O)[C@@H](C)/C=C/C=C/C=C/C=C/C=C/C=C/C=C/[C@H](O[C@@H]2O[C@H](C)[C@@H](O)[C@H](N)[C@@H]2O)C[C@@H]2O[C@](O)(C[C@@H](O)C[C@@H](O)[C@H](O)CC[C@@H](O)C[C@@H](O)CC(=O)O[C@H]1C)C[C@H](O)[C@H]2NC(=O)NNS(=O)(=O)c1cnc[nH]1. The van der Waals surface area contributed by atoms with Crippen LogP contribution >= 0.6 is 0 Å². The minimum Gasteiger partial charge on any atom is -0.462 e. The summed E-state index contributed by atoms with van der Waals surface area (Å²) in [4.78, 5) is 33.9. The smallest absolute Gasteiger partial charge is 0.330 e. The summed E-state index contributed by atoms with van der Waals surface area (Å²) in [6, 6.07) is -3.81. The second-order valence-electron chi connectivity index (χ2n) is 19.3. The monoisotopic (exact) mass is 1080 g/mol. The number of ether oxygens (including phenoxy) is 4. The summed E-state index contributed by atoms with van der Waals surface area (Å²) < 4.78 is 49.0. The number of urea groups is 1. The third kappa shape index (κ3) is 20.7. The Bertz CT molecular complexity index is 2230. The highest BCUT2D eigenvalue weighted by Crippen LogP contribution is 2.35. The van der Waals surface area contributed by atoms with Gasteiger partial charge >= 0.3 is 12.0 Å². The average molecular weight is 1080 g/mol. The molecule has 3 aliphatic rings. The van der Waals surface area contributed by atoms with Gasteiger partial charge in [-0.1, -0.05) is 98.9 Å². The van der Waals surface area contributed by atoms with E-state index in [4.69, 9.17) is 24.7 Å². The number of H-pyrrole nitrogens is 1. The average Bonchev–Trinajstić information content (AvgIpc) is 3.90. The van der Waals surface area contributed by atoms with Gasteiger partial charge in [-0.25, -0.2) is 18.2 Å². The van der Waals surface area contributed by atoms with Gasteiger partial charge in [0.25, 0.3) is 10.0 Å². The minimum absolute atomic E-state index is 0.139. The fourth-order valence-corrected chi connectivity index (χ4v) is 9.33. The molecule has 25 heteroatoms. The number of aromatic amines is 1. The van der Waals surface area contributed by atoms with Crippen molar-refractivity contribution in [2.24, 2.45) is 17.6 Å². The van der Waals surface area contributed by atoms with Crippen molar-refractivity contribution < 1.29 is 88.0 Å². The van der Waals surface area contributed by atoms with Crippen LogP contribution in [0.5, 0.6) is 0 Å². The van der Waals surface area contributed by atoms with E-state index in [2.05, 4.69) is 15.3 Å². The zero-order valence-electron chi connectivity index (χ0n) is 42.5. The second-order valence-corrected chi connectivity index (χ2v) is 21.0. The van der Waals surface area contributed by atoms with Crippen molar-refractivity contribution in [3.63, 3.8) is 0 Å². The number of cyclic esters (lactones) is 1. The molecular weight excluding hydrogens is 1000 g/mol. The third-order valence-electron chi connectivity index (χ3n) is 13.1. The van der Waals surface area contributed by atoms with E-state index in [1.165, 1.54) is 13.0 Å². The zero-order valence-corrected chi connectivity index (χ0v) is 43.3. The molecule has 16 N–H and O–H groups in total. The highest BCUT2D eigenvalue weighted by Gasteiger charge is 2.49. The van der Waals surface area contributed by atoms with Gasteiger partial charge in [-0.2, -0.15) is 0 Å². The lowest BCUT2D eigenvalue weighted by Crippen LogP contribution is -2.64. The number of imidazole rings is 1. The summed E-state index contributed by atoms with van der Waals surface area (Å²) in [5.41, 5.74) is 8.07. The number of esters is 1. The normalized spacial score (nSPS) is 41.1. The molecule has 2 fully saturated rings. The molecule has 19 atom stereocenters. The van der Waals surface area contributed by atoms with Crippen LogP contribution < -0.4 is 21.3 Å². The molecule has 0 spiro atoms. The number of amides is 2. The van der Waals surface area contributed by atoms with Gasteiger partial charge in [-0.3, -0.25) is 10.2 Å². The summed E-state index contributed by atoms with van der Waals surface area (Å²) in [6.07, 6.45) is 4.63. The van der Waals surface area contributed by atoms with Crippen LogP contribution in [0.4, 0.5) is 4.79 Å². The lowest BCUT2D eigenvalue weighted by molar-refractivity contribution is -0.303. The van der Waals surface area contributed by atoms with Crippen LogP contribution in [0.1, 0.15) is 79.1 Å². The number of nitrogens with two attached hydrogens (primary N) is 1. The van der Waals surface area contributed by atoms with Crippen LogP contribution in [0.3, 0.4) is 0 Å². The highest BCUT2D eigenvalue weighted by atomic mass is 32.2. The van der Waals surface area contributed by atoms with Crippen LogP contribution in [0, 0.1) is 11.8 Å². The van der Waals surface area contributed by atoms with Crippen LogP contribution in [-0.2, 0) is 33.8 Å². The van der Waals surface area contributed by atoms with Crippen molar-refractivity contribution in [2.45, 2.75) is 188 Å². The lowest BCUT2D eigenvalue weighted by Gasteiger charge is -2.46. The lowest BCUT2D eigenvalue weighted by atomic mass is 9.87. The first-order valence-corrected chi connectivity index (χ1v) is 26.4. The molecule has 1 aromatic rings. The molecule has 2 bridgehead atoms. The van der Waals surface area contributed by atoms with Crippen molar-refractivity contribution in [1.29, 1.82) is 0 Å².